The van der Waals surface area contributed by atoms with Gasteiger partial charge in [0, 0.05) is 6.92 Å². The van der Waals surface area contributed by atoms with Gasteiger partial charge in [-0.15, -0.1) is 0 Å². The molecule has 1 heterocycles. The third-order valence-electron chi connectivity index (χ3n) is 2.30. The van der Waals surface area contributed by atoms with Crippen LogP contribution < -0.4 is 0 Å². The number of carbonyl (C=O) groups excluding carboxylic acids is 1. The van der Waals surface area contributed by atoms with Gasteiger partial charge in [0.2, 0.25) is 0 Å². The molecule has 1 fully saturated rings. The minimum Gasteiger partial charge on any atom is -0.408 e. The molecule has 0 radical (unpaired) electrons. The molecule has 1 rings (SSSR count). The van der Waals surface area contributed by atoms with Crippen LogP contribution in [0.2, 0.25) is 0 Å². The van der Waals surface area contributed by atoms with Gasteiger partial charge in [0.05, 0.1) is 12.5 Å². The predicted octanol–water partition coefficient (Wildman–Crippen LogP) is 1.03. The van der Waals surface area contributed by atoms with E-state index in [1.165, 1.54) is 6.92 Å². The number of ether oxygens (including phenoxy) is 2. The fourth-order valence-corrected chi connectivity index (χ4v) is 1.63. The van der Waals surface area contributed by atoms with Crippen molar-refractivity contribution >= 4 is 5.97 Å². The lowest BCUT2D eigenvalue weighted by atomic mass is 9.95. The lowest BCUT2D eigenvalue weighted by Crippen LogP contribution is -2.47. The molecule has 0 bridgehead atoms. The molecule has 0 aromatic carbocycles. The maximum absolute atomic E-state index is 10.7. The van der Waals surface area contributed by atoms with Crippen molar-refractivity contribution in [3.05, 3.63) is 0 Å². The van der Waals surface area contributed by atoms with Gasteiger partial charge in [-0.2, -0.15) is 0 Å². The van der Waals surface area contributed by atoms with Crippen LogP contribution in [0, 0.1) is 5.92 Å². The monoisotopic (exact) mass is 188 g/mol. The summed E-state index contributed by atoms with van der Waals surface area (Å²) in [7, 11) is 0. The van der Waals surface area contributed by atoms with E-state index in [9.17, 15) is 9.90 Å². The van der Waals surface area contributed by atoms with Gasteiger partial charge in [-0.25, -0.2) is 0 Å². The highest BCUT2D eigenvalue weighted by Crippen LogP contribution is 2.32. The van der Waals surface area contributed by atoms with Gasteiger partial charge in [-0.05, 0) is 19.3 Å². The van der Waals surface area contributed by atoms with Crippen molar-refractivity contribution in [1.29, 1.82) is 0 Å². The van der Waals surface area contributed by atoms with Gasteiger partial charge in [-0.1, -0.05) is 6.92 Å². The molecule has 0 aliphatic carbocycles. The van der Waals surface area contributed by atoms with Crippen LogP contribution in [0.25, 0.3) is 0 Å². The van der Waals surface area contributed by atoms with Crippen molar-refractivity contribution in [2.45, 2.75) is 39.1 Å². The van der Waals surface area contributed by atoms with Crippen LogP contribution in [0.4, 0.5) is 0 Å². The third kappa shape index (κ3) is 2.42. The number of esters is 1. The van der Waals surface area contributed by atoms with Crippen LogP contribution in [0.15, 0.2) is 0 Å². The Hall–Kier alpha value is -0.610. The molecule has 76 valence electrons. The Bertz CT molecular complexity index is 192. The van der Waals surface area contributed by atoms with Gasteiger partial charge >= 0.3 is 11.9 Å². The van der Waals surface area contributed by atoms with E-state index in [1.54, 1.807) is 0 Å². The normalized spacial score (nSPS) is 34.2. The quantitative estimate of drug-likeness (QED) is 0.519. The largest absolute Gasteiger partial charge is 0.408 e. The van der Waals surface area contributed by atoms with Crippen molar-refractivity contribution in [3.8, 4) is 0 Å². The average Bonchev–Trinajstić information content (AvgIpc) is 2.03. The molecule has 2 unspecified atom stereocenters. The van der Waals surface area contributed by atoms with Crippen molar-refractivity contribution in [3.63, 3.8) is 0 Å². The second-order valence-electron chi connectivity index (χ2n) is 3.32. The topological polar surface area (TPSA) is 55.8 Å². The standard InChI is InChI=1S/C9H16O4/c1-3-8-5-4-6-12-9(8,11)13-7(2)10/h8,11H,3-6H2,1-2H3. The van der Waals surface area contributed by atoms with E-state index < -0.39 is 11.9 Å². The van der Waals surface area contributed by atoms with Crippen LogP contribution in [-0.4, -0.2) is 23.7 Å². The minimum atomic E-state index is -1.68. The number of rotatable bonds is 2. The van der Waals surface area contributed by atoms with E-state index in [1.807, 2.05) is 6.92 Å². The van der Waals surface area contributed by atoms with Crippen LogP contribution >= 0.6 is 0 Å². The Labute approximate surface area is 77.8 Å². The fourth-order valence-electron chi connectivity index (χ4n) is 1.63. The molecule has 0 aromatic heterocycles. The molecular formula is C9H16O4. The van der Waals surface area contributed by atoms with Crippen molar-refractivity contribution in [1.82, 2.24) is 0 Å². The molecular weight excluding hydrogens is 172 g/mol. The fraction of sp³-hybridized carbons (Fsp3) is 0.889. The Balaban J connectivity index is 2.64. The van der Waals surface area contributed by atoms with E-state index in [4.69, 9.17) is 9.47 Å². The lowest BCUT2D eigenvalue weighted by Gasteiger charge is -2.37. The molecule has 0 saturated carbocycles. The van der Waals surface area contributed by atoms with E-state index in [0.29, 0.717) is 6.61 Å². The highest BCUT2D eigenvalue weighted by molar-refractivity contribution is 5.66. The number of aliphatic hydroxyl groups is 1. The first-order chi connectivity index (χ1) is 6.08. The SMILES string of the molecule is CCC1CCCOC1(O)OC(C)=O. The van der Waals surface area contributed by atoms with Gasteiger partial charge in [0.15, 0.2) is 0 Å². The van der Waals surface area contributed by atoms with Gasteiger partial charge in [0.1, 0.15) is 0 Å². The zero-order valence-corrected chi connectivity index (χ0v) is 8.08. The van der Waals surface area contributed by atoms with Crippen molar-refractivity contribution in [2.75, 3.05) is 6.61 Å². The smallest absolute Gasteiger partial charge is 0.329 e. The van der Waals surface area contributed by atoms with Crippen LogP contribution in [0.1, 0.15) is 33.1 Å². The van der Waals surface area contributed by atoms with E-state index >= 15 is 0 Å². The Morgan fingerprint density at radius 2 is 2.46 bits per heavy atom. The first kappa shape index (κ1) is 10.5. The summed E-state index contributed by atoms with van der Waals surface area (Å²) in [5.74, 6) is -2.30. The van der Waals surface area contributed by atoms with Gasteiger partial charge < -0.3 is 14.6 Å². The summed E-state index contributed by atoms with van der Waals surface area (Å²) >= 11 is 0. The molecule has 4 heteroatoms. The highest BCUT2D eigenvalue weighted by atomic mass is 16.8. The Morgan fingerprint density at radius 3 is 3.00 bits per heavy atom. The summed E-state index contributed by atoms with van der Waals surface area (Å²) in [6.45, 7) is 3.65. The second kappa shape index (κ2) is 4.07. The first-order valence-corrected chi connectivity index (χ1v) is 4.64. The van der Waals surface area contributed by atoms with Crippen molar-refractivity contribution in [2.24, 2.45) is 5.92 Å². The molecule has 2 atom stereocenters. The second-order valence-corrected chi connectivity index (χ2v) is 3.32. The van der Waals surface area contributed by atoms with Gasteiger partial charge in [0.25, 0.3) is 0 Å². The van der Waals surface area contributed by atoms with Crippen LogP contribution in [-0.2, 0) is 14.3 Å². The molecule has 1 saturated heterocycles. The molecule has 4 nitrogen and oxygen atoms in total. The third-order valence-corrected chi connectivity index (χ3v) is 2.30. The zero-order valence-electron chi connectivity index (χ0n) is 8.08. The zero-order chi connectivity index (χ0) is 9.90. The summed E-state index contributed by atoms with van der Waals surface area (Å²) in [6, 6.07) is 0. The molecule has 0 aromatic rings. The highest BCUT2D eigenvalue weighted by Gasteiger charge is 2.42. The summed E-state index contributed by atoms with van der Waals surface area (Å²) < 4.78 is 9.87. The molecule has 0 spiro atoms. The molecule has 0 amide bonds. The van der Waals surface area contributed by atoms with Crippen LogP contribution in [0.5, 0.6) is 0 Å². The van der Waals surface area contributed by atoms with Crippen LogP contribution in [0.3, 0.4) is 0 Å². The maximum atomic E-state index is 10.7. The van der Waals surface area contributed by atoms with Crippen molar-refractivity contribution < 1.29 is 19.4 Å². The molecule has 1 N–H and O–H groups in total. The summed E-state index contributed by atoms with van der Waals surface area (Å²) in [4.78, 5) is 10.7. The average molecular weight is 188 g/mol. The first-order valence-electron chi connectivity index (χ1n) is 4.64. The van der Waals surface area contributed by atoms with E-state index in [0.717, 1.165) is 19.3 Å². The Kier molecular flexibility index (Phi) is 3.27. The summed E-state index contributed by atoms with van der Waals surface area (Å²) in [6.07, 6.45) is 2.48. The lowest BCUT2D eigenvalue weighted by molar-refractivity contribution is -0.380. The van der Waals surface area contributed by atoms with E-state index in [2.05, 4.69) is 0 Å². The van der Waals surface area contributed by atoms with Gasteiger partial charge in [-0.3, -0.25) is 4.79 Å². The summed E-state index contributed by atoms with van der Waals surface area (Å²) in [5.41, 5.74) is 0. The number of hydrogen-bond donors (Lipinski definition) is 1. The molecule has 13 heavy (non-hydrogen) atoms. The number of hydrogen-bond acceptors (Lipinski definition) is 4. The maximum Gasteiger partial charge on any atom is 0.329 e. The molecule has 1 aliphatic heterocycles. The Morgan fingerprint density at radius 1 is 1.77 bits per heavy atom. The predicted molar refractivity (Wildman–Crippen MR) is 45.7 cm³/mol. The summed E-state index contributed by atoms with van der Waals surface area (Å²) in [5, 5.41) is 9.84. The minimum absolute atomic E-state index is 0.106. The van der Waals surface area contributed by atoms with E-state index in [-0.39, 0.29) is 5.92 Å². The molecule has 1 aliphatic rings. The number of carbonyl (C=O) groups is 1.